The maximum absolute atomic E-state index is 11.8. The van der Waals surface area contributed by atoms with Crippen molar-refractivity contribution in [1.82, 2.24) is 5.32 Å². The van der Waals surface area contributed by atoms with Crippen LogP contribution in [0, 0.1) is 6.92 Å². The number of hydrogen-bond donors (Lipinski definition) is 2. The summed E-state index contributed by atoms with van der Waals surface area (Å²) in [6.45, 7) is 1.73. The average molecular weight is 305 g/mol. The van der Waals surface area contributed by atoms with Crippen molar-refractivity contribution in [2.45, 2.75) is 13.0 Å². The summed E-state index contributed by atoms with van der Waals surface area (Å²) in [7, 11) is 0. The van der Waals surface area contributed by atoms with Gasteiger partial charge in [-0.15, -0.1) is 11.3 Å². The fourth-order valence-corrected chi connectivity index (χ4v) is 2.46. The molecular formula is C15H15NO4S. The number of benzene rings is 1. The van der Waals surface area contributed by atoms with Crippen LogP contribution in [0.1, 0.15) is 16.5 Å². The third-order valence-electron chi connectivity index (χ3n) is 2.77. The standard InChI is InChI=1S/C15H15NO4S/c1-10-4-6-11(7-5-10)20-9-13(17)16-14(15(18)19)12-3-2-8-21-12/h2-8,14H,9H2,1H3,(H,16,17)(H,18,19). The van der Waals surface area contributed by atoms with E-state index in [-0.39, 0.29) is 6.61 Å². The van der Waals surface area contributed by atoms with Crippen LogP contribution in [0.2, 0.25) is 0 Å². The maximum Gasteiger partial charge on any atom is 0.331 e. The first-order valence-corrected chi connectivity index (χ1v) is 7.19. The lowest BCUT2D eigenvalue weighted by Crippen LogP contribution is -2.36. The molecule has 0 radical (unpaired) electrons. The Bertz CT molecular complexity index is 607. The Hall–Kier alpha value is -2.34. The minimum Gasteiger partial charge on any atom is -0.484 e. The number of aryl methyl sites for hydroxylation is 1. The first-order chi connectivity index (χ1) is 10.1. The fourth-order valence-electron chi connectivity index (χ4n) is 1.70. The molecule has 1 unspecified atom stereocenters. The molecule has 0 saturated heterocycles. The smallest absolute Gasteiger partial charge is 0.331 e. The van der Waals surface area contributed by atoms with E-state index in [2.05, 4.69) is 5.32 Å². The molecule has 1 atom stereocenters. The van der Waals surface area contributed by atoms with Gasteiger partial charge in [-0.3, -0.25) is 4.79 Å². The van der Waals surface area contributed by atoms with E-state index in [1.54, 1.807) is 29.6 Å². The molecule has 21 heavy (non-hydrogen) atoms. The fraction of sp³-hybridized carbons (Fsp3) is 0.200. The van der Waals surface area contributed by atoms with Crippen LogP contribution in [0.15, 0.2) is 41.8 Å². The van der Waals surface area contributed by atoms with E-state index in [9.17, 15) is 9.59 Å². The van der Waals surface area contributed by atoms with Crippen molar-refractivity contribution in [3.63, 3.8) is 0 Å². The quantitative estimate of drug-likeness (QED) is 0.859. The Labute approximate surface area is 126 Å². The SMILES string of the molecule is Cc1ccc(OCC(=O)NC(C(=O)O)c2cccs2)cc1. The van der Waals surface area contributed by atoms with Crippen LogP contribution in [0.25, 0.3) is 0 Å². The van der Waals surface area contributed by atoms with Crippen molar-refractivity contribution in [2.24, 2.45) is 0 Å². The molecule has 0 spiro atoms. The Morgan fingerprint density at radius 3 is 2.57 bits per heavy atom. The number of aliphatic carboxylic acids is 1. The van der Waals surface area contributed by atoms with Crippen molar-refractivity contribution in [3.8, 4) is 5.75 Å². The molecule has 0 bridgehead atoms. The number of carboxylic acid groups (broad SMARTS) is 1. The van der Waals surface area contributed by atoms with Gasteiger partial charge in [0.05, 0.1) is 0 Å². The highest BCUT2D eigenvalue weighted by Crippen LogP contribution is 2.19. The summed E-state index contributed by atoms with van der Waals surface area (Å²) in [4.78, 5) is 23.6. The molecule has 1 heterocycles. The summed E-state index contributed by atoms with van der Waals surface area (Å²) in [6.07, 6.45) is 0. The van der Waals surface area contributed by atoms with E-state index >= 15 is 0 Å². The van der Waals surface area contributed by atoms with Crippen LogP contribution in [0.4, 0.5) is 0 Å². The van der Waals surface area contributed by atoms with E-state index in [0.717, 1.165) is 5.56 Å². The predicted molar refractivity (Wildman–Crippen MR) is 79.5 cm³/mol. The van der Waals surface area contributed by atoms with Gasteiger partial charge in [0.25, 0.3) is 5.91 Å². The van der Waals surface area contributed by atoms with Gasteiger partial charge in [-0.2, -0.15) is 0 Å². The van der Waals surface area contributed by atoms with E-state index in [0.29, 0.717) is 10.6 Å². The molecule has 0 aliphatic rings. The van der Waals surface area contributed by atoms with E-state index in [4.69, 9.17) is 9.84 Å². The maximum atomic E-state index is 11.8. The van der Waals surface area contributed by atoms with Gasteiger partial charge in [-0.1, -0.05) is 23.8 Å². The third-order valence-corrected chi connectivity index (χ3v) is 3.71. The van der Waals surface area contributed by atoms with Crippen LogP contribution in [0.3, 0.4) is 0 Å². The number of carbonyl (C=O) groups is 2. The number of carbonyl (C=O) groups excluding carboxylic acids is 1. The van der Waals surface area contributed by atoms with E-state index < -0.39 is 17.9 Å². The second kappa shape index (κ2) is 6.90. The summed E-state index contributed by atoms with van der Waals surface area (Å²) in [5.74, 6) is -1.00. The largest absolute Gasteiger partial charge is 0.484 e. The molecule has 0 fully saturated rings. The van der Waals surface area contributed by atoms with Gasteiger partial charge < -0.3 is 15.2 Å². The molecule has 0 saturated carbocycles. The summed E-state index contributed by atoms with van der Waals surface area (Å²) in [6, 6.07) is 9.64. The third kappa shape index (κ3) is 4.32. The van der Waals surface area contributed by atoms with Gasteiger partial charge >= 0.3 is 5.97 Å². The van der Waals surface area contributed by atoms with Gasteiger partial charge in [0, 0.05) is 4.88 Å². The molecule has 2 N–H and O–H groups in total. The summed E-state index contributed by atoms with van der Waals surface area (Å²) in [5.41, 5.74) is 1.09. The zero-order valence-electron chi connectivity index (χ0n) is 11.4. The summed E-state index contributed by atoms with van der Waals surface area (Å²) < 4.78 is 5.32. The normalized spacial score (nSPS) is 11.7. The van der Waals surface area contributed by atoms with Crippen molar-refractivity contribution in [3.05, 3.63) is 52.2 Å². The number of ether oxygens (including phenoxy) is 1. The molecular weight excluding hydrogens is 290 g/mol. The lowest BCUT2D eigenvalue weighted by atomic mass is 10.2. The molecule has 1 aromatic heterocycles. The molecule has 2 rings (SSSR count). The summed E-state index contributed by atoms with van der Waals surface area (Å²) >= 11 is 1.28. The van der Waals surface area contributed by atoms with Crippen molar-refractivity contribution >= 4 is 23.2 Å². The number of rotatable bonds is 6. The van der Waals surface area contributed by atoms with Crippen LogP contribution >= 0.6 is 11.3 Å². The van der Waals surface area contributed by atoms with Crippen molar-refractivity contribution < 1.29 is 19.4 Å². The number of nitrogens with one attached hydrogen (secondary N) is 1. The molecule has 1 aromatic carbocycles. The minimum absolute atomic E-state index is 0.224. The zero-order chi connectivity index (χ0) is 15.2. The van der Waals surface area contributed by atoms with Crippen LogP contribution in [-0.2, 0) is 9.59 Å². The molecule has 110 valence electrons. The topological polar surface area (TPSA) is 75.6 Å². The van der Waals surface area contributed by atoms with Crippen molar-refractivity contribution in [2.75, 3.05) is 6.61 Å². The van der Waals surface area contributed by atoms with Gasteiger partial charge in [0.15, 0.2) is 12.6 Å². The molecule has 0 aliphatic heterocycles. The number of hydrogen-bond acceptors (Lipinski definition) is 4. The molecule has 5 nitrogen and oxygen atoms in total. The number of carboxylic acids is 1. The lowest BCUT2D eigenvalue weighted by molar-refractivity contribution is -0.142. The van der Waals surface area contributed by atoms with Gasteiger partial charge in [0.1, 0.15) is 5.75 Å². The molecule has 6 heteroatoms. The molecule has 1 amide bonds. The van der Waals surface area contributed by atoms with Gasteiger partial charge in [0.2, 0.25) is 0 Å². The van der Waals surface area contributed by atoms with E-state index in [1.807, 2.05) is 19.1 Å². The van der Waals surface area contributed by atoms with Crippen LogP contribution < -0.4 is 10.1 Å². The Kier molecular flexibility index (Phi) is 4.94. The second-order valence-corrected chi connectivity index (χ2v) is 5.44. The zero-order valence-corrected chi connectivity index (χ0v) is 12.2. The molecule has 2 aromatic rings. The van der Waals surface area contributed by atoms with Crippen LogP contribution in [0.5, 0.6) is 5.75 Å². The van der Waals surface area contributed by atoms with Crippen LogP contribution in [-0.4, -0.2) is 23.6 Å². The first kappa shape index (κ1) is 15.1. The predicted octanol–water partition coefficient (Wildman–Crippen LogP) is 2.38. The van der Waals surface area contributed by atoms with Crippen molar-refractivity contribution in [1.29, 1.82) is 0 Å². The Balaban J connectivity index is 1.91. The molecule has 0 aliphatic carbocycles. The number of amides is 1. The number of thiophene rings is 1. The second-order valence-electron chi connectivity index (χ2n) is 4.46. The lowest BCUT2D eigenvalue weighted by Gasteiger charge is -2.13. The van der Waals surface area contributed by atoms with Gasteiger partial charge in [-0.05, 0) is 30.5 Å². The highest BCUT2D eigenvalue weighted by Gasteiger charge is 2.23. The summed E-state index contributed by atoms with van der Waals surface area (Å²) in [5, 5.41) is 13.4. The minimum atomic E-state index is -1.10. The Morgan fingerprint density at radius 1 is 1.29 bits per heavy atom. The first-order valence-electron chi connectivity index (χ1n) is 6.31. The van der Waals surface area contributed by atoms with Gasteiger partial charge in [-0.25, -0.2) is 4.79 Å². The highest BCUT2D eigenvalue weighted by atomic mass is 32.1. The highest BCUT2D eigenvalue weighted by molar-refractivity contribution is 7.10. The van der Waals surface area contributed by atoms with E-state index in [1.165, 1.54) is 11.3 Å². The monoisotopic (exact) mass is 305 g/mol. The average Bonchev–Trinajstić information content (AvgIpc) is 2.97. The Morgan fingerprint density at radius 2 is 2.00 bits per heavy atom.